The van der Waals surface area contributed by atoms with E-state index < -0.39 is 36.1 Å². The van der Waals surface area contributed by atoms with Crippen LogP contribution < -0.4 is 5.32 Å². The highest BCUT2D eigenvalue weighted by Crippen LogP contribution is 2.43. The number of carbonyl (C=O) groups is 2. The maximum Gasteiger partial charge on any atom is 0.471 e. The number of hydrogen-bond acceptors (Lipinski definition) is 8. The van der Waals surface area contributed by atoms with E-state index in [0.717, 1.165) is 65.9 Å². The fourth-order valence-electron chi connectivity index (χ4n) is 7.97. The van der Waals surface area contributed by atoms with Gasteiger partial charge in [-0.05, 0) is 40.7 Å². The van der Waals surface area contributed by atoms with E-state index in [-0.39, 0.29) is 44.2 Å². The Kier molecular flexibility index (Phi) is 11.2. The molecule has 0 saturated carbocycles. The number of aliphatic hydroxyl groups excluding tert-OH is 1. The number of ether oxygens (including phenoxy) is 4. The highest BCUT2D eigenvalue weighted by atomic mass is 19.4. The van der Waals surface area contributed by atoms with Crippen LogP contribution in [-0.2, 0) is 41.7 Å². The molecule has 4 heterocycles. The van der Waals surface area contributed by atoms with E-state index in [4.69, 9.17) is 18.9 Å². The first-order chi connectivity index (χ1) is 25.5. The second-order valence-electron chi connectivity index (χ2n) is 14.4. The molecule has 0 aliphatic carbocycles. The smallest absolute Gasteiger partial charge is 0.392 e. The first-order valence-electron chi connectivity index (χ1n) is 18.4. The van der Waals surface area contributed by atoms with Gasteiger partial charge in [0.2, 0.25) is 5.91 Å². The SMILES string of the molecule is C[C@@H]1[C@H](CN2CCC3(CC2)OCCO3)O[C@H](c2ccc(-c3ccccc3CNC(=O)[C@@H]3CCCN3C(=O)C(F)(F)F)cc2)O[C@@H]1c1ccc(CO)cc1. The van der Waals surface area contributed by atoms with Gasteiger partial charge in [-0.3, -0.25) is 9.59 Å². The van der Waals surface area contributed by atoms with Gasteiger partial charge in [0.15, 0.2) is 12.1 Å². The van der Waals surface area contributed by atoms with Crippen molar-refractivity contribution in [3.63, 3.8) is 0 Å². The summed E-state index contributed by atoms with van der Waals surface area (Å²) >= 11 is 0. The van der Waals surface area contributed by atoms with E-state index >= 15 is 0 Å². The molecule has 3 aromatic carbocycles. The van der Waals surface area contributed by atoms with Gasteiger partial charge in [0.1, 0.15) is 6.04 Å². The molecular weight excluding hydrogens is 691 g/mol. The number of nitrogens with zero attached hydrogens (tertiary/aromatic N) is 2. The predicted molar refractivity (Wildman–Crippen MR) is 188 cm³/mol. The van der Waals surface area contributed by atoms with Crippen LogP contribution in [0, 0.1) is 5.92 Å². The molecule has 0 radical (unpaired) electrons. The molecular formula is C40H46F3N3O7. The lowest BCUT2D eigenvalue weighted by atomic mass is 9.89. The Hall–Kier alpha value is -3.85. The normalized spacial score (nSPS) is 26.2. The van der Waals surface area contributed by atoms with E-state index in [1.807, 2.05) is 72.8 Å². The van der Waals surface area contributed by atoms with Crippen molar-refractivity contribution in [2.45, 2.75) is 82.3 Å². The van der Waals surface area contributed by atoms with Crippen molar-refractivity contribution in [3.8, 4) is 11.1 Å². The van der Waals surface area contributed by atoms with Gasteiger partial charge in [-0.25, -0.2) is 0 Å². The molecule has 0 unspecified atom stereocenters. The van der Waals surface area contributed by atoms with Crippen LogP contribution in [0.4, 0.5) is 13.2 Å². The third kappa shape index (κ3) is 8.30. The molecule has 0 aromatic heterocycles. The van der Waals surface area contributed by atoms with Crippen LogP contribution in [0.5, 0.6) is 0 Å². The zero-order valence-electron chi connectivity index (χ0n) is 29.7. The summed E-state index contributed by atoms with van der Waals surface area (Å²) in [6.45, 7) is 5.77. The van der Waals surface area contributed by atoms with Crippen molar-refractivity contribution in [2.24, 2.45) is 5.92 Å². The van der Waals surface area contributed by atoms with Gasteiger partial charge in [-0.1, -0.05) is 79.7 Å². The number of nitrogens with one attached hydrogen (secondary N) is 1. The first kappa shape index (κ1) is 37.5. The summed E-state index contributed by atoms with van der Waals surface area (Å²) in [6, 6.07) is 22.0. The molecule has 7 rings (SSSR count). The van der Waals surface area contributed by atoms with Crippen molar-refractivity contribution in [2.75, 3.05) is 39.4 Å². The molecule has 3 aromatic rings. The second-order valence-corrected chi connectivity index (χ2v) is 14.4. The Balaban J connectivity index is 1.05. The molecule has 4 aliphatic rings. The quantitative estimate of drug-likeness (QED) is 0.291. The third-order valence-electron chi connectivity index (χ3n) is 11.0. The summed E-state index contributed by atoms with van der Waals surface area (Å²) in [4.78, 5) is 27.9. The van der Waals surface area contributed by atoms with E-state index in [0.29, 0.717) is 24.5 Å². The van der Waals surface area contributed by atoms with E-state index in [1.165, 1.54) is 0 Å². The summed E-state index contributed by atoms with van der Waals surface area (Å²) in [5.41, 5.74) is 5.19. The zero-order valence-corrected chi connectivity index (χ0v) is 29.7. The van der Waals surface area contributed by atoms with Crippen LogP contribution in [-0.4, -0.2) is 90.2 Å². The van der Waals surface area contributed by atoms with Gasteiger partial charge in [-0.15, -0.1) is 0 Å². The number of benzene rings is 3. The molecule has 53 heavy (non-hydrogen) atoms. The van der Waals surface area contributed by atoms with Crippen molar-refractivity contribution in [3.05, 3.63) is 95.1 Å². The lowest BCUT2D eigenvalue weighted by Gasteiger charge is -2.44. The van der Waals surface area contributed by atoms with Crippen LogP contribution >= 0.6 is 0 Å². The lowest BCUT2D eigenvalue weighted by molar-refractivity contribution is -0.278. The number of halogens is 3. The molecule has 13 heteroatoms. The van der Waals surface area contributed by atoms with Crippen molar-refractivity contribution >= 4 is 11.8 Å². The zero-order chi connectivity index (χ0) is 37.2. The Bertz CT molecular complexity index is 1720. The summed E-state index contributed by atoms with van der Waals surface area (Å²) in [6.07, 6.45) is -3.94. The van der Waals surface area contributed by atoms with Crippen LogP contribution in [0.1, 0.15) is 67.3 Å². The van der Waals surface area contributed by atoms with Crippen LogP contribution in [0.2, 0.25) is 0 Å². The number of amides is 2. The van der Waals surface area contributed by atoms with Gasteiger partial charge >= 0.3 is 12.1 Å². The summed E-state index contributed by atoms with van der Waals surface area (Å²) < 4.78 is 64.6. The molecule has 10 nitrogen and oxygen atoms in total. The Morgan fingerprint density at radius 3 is 2.26 bits per heavy atom. The molecule has 1 spiro atoms. The van der Waals surface area contributed by atoms with Crippen molar-refractivity contribution in [1.29, 1.82) is 0 Å². The second kappa shape index (κ2) is 15.9. The van der Waals surface area contributed by atoms with Crippen LogP contribution in [0.15, 0.2) is 72.8 Å². The summed E-state index contributed by atoms with van der Waals surface area (Å²) in [5, 5.41) is 12.4. The molecule has 4 aliphatic heterocycles. The molecule has 2 amide bonds. The number of rotatable bonds is 9. The number of alkyl halides is 3. The lowest BCUT2D eigenvalue weighted by Crippen LogP contribution is -2.50. The topological polar surface area (TPSA) is 110 Å². The van der Waals surface area contributed by atoms with Gasteiger partial charge in [0.05, 0.1) is 32.0 Å². The minimum Gasteiger partial charge on any atom is -0.392 e. The third-order valence-corrected chi connectivity index (χ3v) is 11.0. The van der Waals surface area contributed by atoms with Gasteiger partial charge < -0.3 is 39.2 Å². The standard InChI is InChI=1S/C40H46F3N3O7/c1-26-34(24-45-19-16-39(17-20-45)50-21-22-51-39)52-37(53-35(26)29-10-8-27(25-47)9-11-29)30-14-12-28(13-15-30)32-6-3-2-5-31(32)23-44-36(48)33-7-4-18-46(33)38(49)40(41,42)43/h2-3,5-6,8-15,26,33-35,37,47H,4,7,16-25H2,1H3,(H,44,48)/t26-,33+,34+,35+,37+/m1/s1. The number of carbonyl (C=O) groups excluding carboxylic acids is 2. The molecule has 2 N–H and O–H groups in total. The number of piperidine rings is 1. The van der Waals surface area contributed by atoms with Crippen molar-refractivity contribution in [1.82, 2.24) is 15.1 Å². The van der Waals surface area contributed by atoms with Gasteiger partial charge in [0, 0.05) is 57.0 Å². The molecule has 4 saturated heterocycles. The number of likely N-dealkylation sites (tertiary alicyclic amines) is 2. The fourth-order valence-corrected chi connectivity index (χ4v) is 7.97. The summed E-state index contributed by atoms with van der Waals surface area (Å²) in [7, 11) is 0. The Morgan fingerprint density at radius 2 is 1.58 bits per heavy atom. The highest BCUT2D eigenvalue weighted by Gasteiger charge is 2.48. The Morgan fingerprint density at radius 1 is 0.906 bits per heavy atom. The molecule has 284 valence electrons. The van der Waals surface area contributed by atoms with E-state index in [1.54, 1.807) is 0 Å². The highest BCUT2D eigenvalue weighted by molar-refractivity contribution is 5.90. The minimum absolute atomic E-state index is 0.0327. The van der Waals surface area contributed by atoms with E-state index in [9.17, 15) is 27.9 Å². The maximum atomic E-state index is 13.1. The van der Waals surface area contributed by atoms with Gasteiger partial charge in [0.25, 0.3) is 0 Å². The predicted octanol–water partition coefficient (Wildman–Crippen LogP) is 5.65. The first-order valence-corrected chi connectivity index (χ1v) is 18.4. The monoisotopic (exact) mass is 737 g/mol. The summed E-state index contributed by atoms with van der Waals surface area (Å²) in [5.74, 6) is -3.02. The van der Waals surface area contributed by atoms with Crippen LogP contribution in [0.25, 0.3) is 11.1 Å². The van der Waals surface area contributed by atoms with Crippen LogP contribution in [0.3, 0.4) is 0 Å². The number of hydrogen-bond donors (Lipinski definition) is 2. The Labute approximate surface area is 307 Å². The largest absolute Gasteiger partial charge is 0.471 e. The average molecular weight is 738 g/mol. The molecule has 0 bridgehead atoms. The van der Waals surface area contributed by atoms with Gasteiger partial charge in [-0.2, -0.15) is 13.2 Å². The van der Waals surface area contributed by atoms with Crippen molar-refractivity contribution < 1.29 is 46.8 Å². The molecule has 4 fully saturated rings. The maximum absolute atomic E-state index is 13.1. The van der Waals surface area contributed by atoms with E-state index in [2.05, 4.69) is 17.1 Å². The minimum atomic E-state index is -5.03. The molecule has 5 atom stereocenters. The number of aliphatic hydroxyl groups is 1. The fraction of sp³-hybridized carbons (Fsp3) is 0.500. The average Bonchev–Trinajstić information content (AvgIpc) is 3.86.